The van der Waals surface area contributed by atoms with Gasteiger partial charge in [-0.1, -0.05) is 12.1 Å². The predicted octanol–water partition coefficient (Wildman–Crippen LogP) is 3.63. The summed E-state index contributed by atoms with van der Waals surface area (Å²) < 4.78 is 13.5. The minimum Gasteiger partial charge on any atom is -0.356 e. The maximum Gasteiger partial charge on any atom is 0.251 e. The van der Waals surface area contributed by atoms with Crippen molar-refractivity contribution in [1.29, 1.82) is 0 Å². The summed E-state index contributed by atoms with van der Waals surface area (Å²) in [5.74, 6) is -0.0173. The molecular formula is C22H26FN3O2. The summed E-state index contributed by atoms with van der Waals surface area (Å²) in [6.07, 6.45) is 5.58. The SMILES string of the molecule is CC(=O)NCC1CCC([C@@H](NC(=O)c2cccc(F)c2)c2ccccn2)CC1. The highest BCUT2D eigenvalue weighted by Gasteiger charge is 2.30. The molecule has 0 saturated heterocycles. The summed E-state index contributed by atoms with van der Waals surface area (Å²) in [7, 11) is 0. The normalized spacial score (nSPS) is 20.2. The van der Waals surface area contributed by atoms with Crippen molar-refractivity contribution in [3.05, 3.63) is 65.7 Å². The molecule has 1 saturated carbocycles. The summed E-state index contributed by atoms with van der Waals surface area (Å²) >= 11 is 0. The van der Waals surface area contributed by atoms with E-state index in [1.807, 2.05) is 18.2 Å². The molecular weight excluding hydrogens is 357 g/mol. The highest BCUT2D eigenvalue weighted by atomic mass is 19.1. The van der Waals surface area contributed by atoms with E-state index in [0.717, 1.165) is 31.4 Å². The van der Waals surface area contributed by atoms with Crippen LogP contribution < -0.4 is 10.6 Å². The van der Waals surface area contributed by atoms with E-state index in [2.05, 4.69) is 15.6 Å². The first-order valence-electron chi connectivity index (χ1n) is 9.74. The van der Waals surface area contributed by atoms with Gasteiger partial charge in [-0.25, -0.2) is 4.39 Å². The second-order valence-corrected chi connectivity index (χ2v) is 7.43. The molecule has 0 spiro atoms. The van der Waals surface area contributed by atoms with Crippen molar-refractivity contribution in [2.75, 3.05) is 6.54 Å². The van der Waals surface area contributed by atoms with Crippen LogP contribution in [-0.4, -0.2) is 23.3 Å². The van der Waals surface area contributed by atoms with Gasteiger partial charge in [-0.15, -0.1) is 0 Å². The lowest BCUT2D eigenvalue weighted by Crippen LogP contribution is -2.37. The lowest BCUT2D eigenvalue weighted by atomic mass is 9.77. The fourth-order valence-electron chi connectivity index (χ4n) is 3.86. The Morgan fingerprint density at radius 3 is 2.57 bits per heavy atom. The molecule has 1 aromatic carbocycles. The lowest BCUT2D eigenvalue weighted by Gasteiger charge is -2.34. The standard InChI is InChI=1S/C22H26FN3O2/c1-15(27)25-14-16-8-10-17(11-9-16)21(20-7-2-3-12-24-20)26-22(28)18-5-4-6-19(23)13-18/h2-7,12-13,16-17,21H,8-11,14H2,1H3,(H,25,27)(H,26,28)/t16?,17?,21-/m1/s1. The van der Waals surface area contributed by atoms with E-state index in [4.69, 9.17) is 0 Å². The fourth-order valence-corrected chi connectivity index (χ4v) is 3.86. The Morgan fingerprint density at radius 2 is 1.93 bits per heavy atom. The topological polar surface area (TPSA) is 71.1 Å². The molecule has 1 fully saturated rings. The van der Waals surface area contributed by atoms with Gasteiger partial charge < -0.3 is 10.6 Å². The summed E-state index contributed by atoms with van der Waals surface area (Å²) in [5, 5.41) is 5.97. The van der Waals surface area contributed by atoms with Gasteiger partial charge in [0.1, 0.15) is 5.82 Å². The van der Waals surface area contributed by atoms with E-state index in [0.29, 0.717) is 18.0 Å². The van der Waals surface area contributed by atoms with E-state index in [1.165, 1.54) is 25.1 Å². The third-order valence-corrected chi connectivity index (χ3v) is 5.38. The van der Waals surface area contributed by atoms with Gasteiger partial charge in [0.25, 0.3) is 5.91 Å². The smallest absolute Gasteiger partial charge is 0.251 e. The van der Waals surface area contributed by atoms with E-state index >= 15 is 0 Å². The van der Waals surface area contributed by atoms with Gasteiger partial charge in [0.05, 0.1) is 11.7 Å². The van der Waals surface area contributed by atoms with Gasteiger partial charge in [0.2, 0.25) is 5.91 Å². The van der Waals surface area contributed by atoms with Crippen molar-refractivity contribution in [2.45, 2.75) is 38.6 Å². The maximum atomic E-state index is 13.5. The highest BCUT2D eigenvalue weighted by Crippen LogP contribution is 2.36. The molecule has 1 aliphatic carbocycles. The second-order valence-electron chi connectivity index (χ2n) is 7.43. The number of nitrogens with zero attached hydrogens (tertiary/aromatic N) is 1. The van der Waals surface area contributed by atoms with Gasteiger partial charge in [0, 0.05) is 25.2 Å². The second kappa shape index (κ2) is 9.44. The summed E-state index contributed by atoms with van der Waals surface area (Å²) in [4.78, 5) is 28.3. The minimum absolute atomic E-state index is 0.00385. The van der Waals surface area contributed by atoms with E-state index < -0.39 is 5.82 Å². The van der Waals surface area contributed by atoms with Crippen LogP contribution in [0, 0.1) is 17.7 Å². The van der Waals surface area contributed by atoms with Crippen LogP contribution in [0.5, 0.6) is 0 Å². The molecule has 0 bridgehead atoms. The van der Waals surface area contributed by atoms with Crippen molar-refractivity contribution < 1.29 is 14.0 Å². The first-order chi connectivity index (χ1) is 13.5. The number of benzene rings is 1. The Kier molecular flexibility index (Phi) is 6.74. The number of amides is 2. The van der Waals surface area contributed by atoms with Crippen LogP contribution in [0.25, 0.3) is 0 Å². The third-order valence-electron chi connectivity index (χ3n) is 5.38. The molecule has 5 nitrogen and oxygen atoms in total. The number of pyridine rings is 1. The van der Waals surface area contributed by atoms with Gasteiger partial charge in [-0.05, 0) is 67.9 Å². The number of rotatable bonds is 6. The van der Waals surface area contributed by atoms with Crippen LogP contribution in [0.4, 0.5) is 4.39 Å². The molecule has 1 aromatic heterocycles. The molecule has 2 amide bonds. The summed E-state index contributed by atoms with van der Waals surface area (Å²) in [6.45, 7) is 2.23. The van der Waals surface area contributed by atoms with Crippen LogP contribution in [0.15, 0.2) is 48.7 Å². The zero-order valence-electron chi connectivity index (χ0n) is 16.0. The average molecular weight is 383 g/mol. The number of hydrogen-bond donors (Lipinski definition) is 2. The van der Waals surface area contributed by atoms with Crippen molar-refractivity contribution in [3.8, 4) is 0 Å². The Hall–Kier alpha value is -2.76. The number of hydrogen-bond acceptors (Lipinski definition) is 3. The fraction of sp³-hybridized carbons (Fsp3) is 0.409. The molecule has 0 aliphatic heterocycles. The number of carbonyl (C=O) groups is 2. The molecule has 6 heteroatoms. The monoisotopic (exact) mass is 383 g/mol. The summed E-state index contributed by atoms with van der Waals surface area (Å²) in [6, 6.07) is 11.2. The minimum atomic E-state index is -0.430. The number of nitrogens with one attached hydrogen (secondary N) is 2. The number of halogens is 1. The molecule has 1 atom stereocenters. The van der Waals surface area contributed by atoms with Crippen molar-refractivity contribution >= 4 is 11.8 Å². The number of carbonyl (C=O) groups excluding carboxylic acids is 2. The Balaban J connectivity index is 1.70. The zero-order valence-corrected chi connectivity index (χ0v) is 16.0. The predicted molar refractivity (Wildman–Crippen MR) is 105 cm³/mol. The maximum absolute atomic E-state index is 13.5. The van der Waals surface area contributed by atoms with Gasteiger partial charge in [-0.2, -0.15) is 0 Å². The van der Waals surface area contributed by atoms with Gasteiger partial charge in [0.15, 0.2) is 0 Å². The molecule has 0 radical (unpaired) electrons. The van der Waals surface area contributed by atoms with Crippen LogP contribution in [-0.2, 0) is 4.79 Å². The van der Waals surface area contributed by atoms with Crippen LogP contribution in [0.3, 0.4) is 0 Å². The van der Waals surface area contributed by atoms with E-state index in [1.54, 1.807) is 12.3 Å². The summed E-state index contributed by atoms with van der Waals surface area (Å²) in [5.41, 5.74) is 1.12. The van der Waals surface area contributed by atoms with Crippen LogP contribution in [0.2, 0.25) is 0 Å². The molecule has 1 aliphatic rings. The van der Waals surface area contributed by atoms with E-state index in [9.17, 15) is 14.0 Å². The van der Waals surface area contributed by atoms with Crippen molar-refractivity contribution in [1.82, 2.24) is 15.6 Å². The van der Waals surface area contributed by atoms with Crippen molar-refractivity contribution in [2.24, 2.45) is 11.8 Å². The molecule has 3 rings (SSSR count). The van der Waals surface area contributed by atoms with Crippen LogP contribution in [0.1, 0.15) is 54.7 Å². The largest absolute Gasteiger partial charge is 0.356 e. The molecule has 148 valence electrons. The highest BCUT2D eigenvalue weighted by molar-refractivity contribution is 5.94. The Labute approximate surface area is 164 Å². The first kappa shape index (κ1) is 20.0. The molecule has 1 heterocycles. The third kappa shape index (κ3) is 5.38. The van der Waals surface area contributed by atoms with Gasteiger partial charge >= 0.3 is 0 Å². The molecule has 0 unspecified atom stereocenters. The van der Waals surface area contributed by atoms with Crippen molar-refractivity contribution in [3.63, 3.8) is 0 Å². The van der Waals surface area contributed by atoms with Gasteiger partial charge in [-0.3, -0.25) is 14.6 Å². The average Bonchev–Trinajstić information content (AvgIpc) is 2.71. The molecule has 2 N–H and O–H groups in total. The quantitative estimate of drug-likeness (QED) is 0.800. The van der Waals surface area contributed by atoms with Crippen LogP contribution >= 0.6 is 0 Å². The molecule has 2 aromatic rings. The van der Waals surface area contributed by atoms with E-state index in [-0.39, 0.29) is 23.8 Å². The number of aromatic nitrogens is 1. The molecule has 28 heavy (non-hydrogen) atoms. The Bertz CT molecular complexity index is 804. The first-order valence-corrected chi connectivity index (χ1v) is 9.74. The lowest BCUT2D eigenvalue weighted by molar-refractivity contribution is -0.119. The zero-order chi connectivity index (χ0) is 19.9. The Morgan fingerprint density at radius 1 is 1.14 bits per heavy atom.